The van der Waals surface area contributed by atoms with Gasteiger partial charge in [0.2, 0.25) is 0 Å². The molecule has 2 aromatic rings. The first kappa shape index (κ1) is 33.1. The zero-order chi connectivity index (χ0) is 31.9. The van der Waals surface area contributed by atoms with E-state index in [1.165, 1.54) is 24.4 Å². The maximum atomic E-state index is 13.3. The van der Waals surface area contributed by atoms with E-state index in [9.17, 15) is 27.9 Å². The largest absolute Gasteiger partial charge is 0.476 e. The van der Waals surface area contributed by atoms with E-state index in [0.29, 0.717) is 24.2 Å². The lowest BCUT2D eigenvalue weighted by atomic mass is 9.96. The van der Waals surface area contributed by atoms with Gasteiger partial charge in [0.25, 0.3) is 11.8 Å². The third-order valence-corrected chi connectivity index (χ3v) is 8.38. The summed E-state index contributed by atoms with van der Waals surface area (Å²) in [6.07, 6.45) is -3.10. The molecule has 3 heterocycles. The van der Waals surface area contributed by atoms with Crippen LogP contribution in [0.15, 0.2) is 30.5 Å². The number of fused-ring (bicyclic) bond motifs is 2. The topological polar surface area (TPSA) is 124 Å². The molecule has 4 N–H and O–H groups in total. The number of piperidine rings is 1. The minimum Gasteiger partial charge on any atom is -0.476 e. The number of alkyl halides is 3. The van der Waals surface area contributed by atoms with Gasteiger partial charge in [0.15, 0.2) is 11.7 Å². The van der Waals surface area contributed by atoms with Crippen LogP contribution in [-0.4, -0.2) is 69.6 Å². The normalized spacial score (nSPS) is 21.4. The van der Waals surface area contributed by atoms with E-state index in [0.717, 1.165) is 12.8 Å². The van der Waals surface area contributed by atoms with Gasteiger partial charge in [0, 0.05) is 34.9 Å². The highest BCUT2D eigenvalue weighted by Crippen LogP contribution is 2.40. The predicted molar refractivity (Wildman–Crippen MR) is 155 cm³/mol. The Morgan fingerprint density at radius 3 is 2.26 bits per heavy atom. The van der Waals surface area contributed by atoms with Crippen LogP contribution >= 0.6 is 23.2 Å². The highest BCUT2D eigenvalue weighted by Gasteiger charge is 2.43. The summed E-state index contributed by atoms with van der Waals surface area (Å²) in [4.78, 5) is 32.1. The molecule has 2 fully saturated rings. The number of amides is 2. The quantitative estimate of drug-likeness (QED) is 0.310. The first-order chi connectivity index (χ1) is 19.9. The van der Waals surface area contributed by atoms with Crippen molar-refractivity contribution in [2.45, 2.75) is 95.0 Å². The second-order valence-electron chi connectivity index (χ2n) is 12.0. The lowest BCUT2D eigenvalue weighted by Gasteiger charge is -2.41. The number of nitrogens with one attached hydrogen (secondary N) is 2. The summed E-state index contributed by atoms with van der Waals surface area (Å²) in [6, 6.07) is 6.18. The molecule has 4 rings (SSSR count). The Morgan fingerprint density at radius 1 is 1.09 bits per heavy atom. The number of pyridine rings is 1. The van der Waals surface area contributed by atoms with E-state index in [1.807, 2.05) is 0 Å². The van der Waals surface area contributed by atoms with Crippen molar-refractivity contribution in [2.75, 3.05) is 11.4 Å². The Bertz CT molecular complexity index is 1340. The number of aromatic nitrogens is 1. The standard InChI is InChI=1S/C29H35Cl2F3N4O5/c1-27(2,42)19-11-22(21(31)12-20(19)30)43-28(3,4)26(41)37-16-9-17-6-7-18(10-16)38(17)24-8-5-15(13-35-24)25(40)36-14-23(39)29(32,33)34/h5,8,11-13,16-18,23,39,42H,6-7,9-10,14H2,1-4H3,(H,36,40)(H,37,41). The van der Waals surface area contributed by atoms with E-state index < -0.39 is 35.9 Å². The van der Waals surface area contributed by atoms with Gasteiger partial charge in [-0.15, -0.1) is 0 Å². The fourth-order valence-electron chi connectivity index (χ4n) is 5.51. The Kier molecular flexibility index (Phi) is 9.47. The Balaban J connectivity index is 1.36. The van der Waals surface area contributed by atoms with Gasteiger partial charge in [-0.25, -0.2) is 4.98 Å². The third-order valence-electron chi connectivity index (χ3n) is 7.77. The van der Waals surface area contributed by atoms with Crippen molar-refractivity contribution in [3.8, 4) is 5.75 Å². The van der Waals surface area contributed by atoms with Crippen LogP contribution in [0.4, 0.5) is 19.0 Å². The molecule has 0 spiro atoms. The van der Waals surface area contributed by atoms with Crippen molar-refractivity contribution in [2.24, 2.45) is 0 Å². The molecule has 1 aromatic heterocycles. The van der Waals surface area contributed by atoms with Crippen molar-refractivity contribution in [1.82, 2.24) is 15.6 Å². The van der Waals surface area contributed by atoms with Crippen molar-refractivity contribution >= 4 is 40.8 Å². The lowest BCUT2D eigenvalue weighted by Crippen LogP contribution is -2.55. The van der Waals surface area contributed by atoms with Crippen LogP contribution in [0.2, 0.25) is 10.0 Å². The molecule has 3 atom stereocenters. The summed E-state index contributed by atoms with van der Waals surface area (Å²) in [5.41, 5.74) is -2.05. The predicted octanol–water partition coefficient (Wildman–Crippen LogP) is 4.74. The molecule has 2 saturated heterocycles. The molecule has 9 nitrogen and oxygen atoms in total. The Labute approximate surface area is 257 Å². The number of carbonyl (C=O) groups is 2. The van der Waals surface area contributed by atoms with Gasteiger partial charge in [-0.05, 0) is 77.6 Å². The molecule has 2 bridgehead atoms. The molecule has 14 heteroatoms. The highest BCUT2D eigenvalue weighted by molar-refractivity contribution is 6.36. The number of aliphatic hydroxyl groups excluding tert-OH is 1. The zero-order valence-corrected chi connectivity index (χ0v) is 25.6. The van der Waals surface area contributed by atoms with Crippen molar-refractivity contribution in [1.29, 1.82) is 0 Å². The fraction of sp³-hybridized carbons (Fsp3) is 0.552. The molecule has 3 unspecified atom stereocenters. The van der Waals surface area contributed by atoms with Gasteiger partial charge in [-0.1, -0.05) is 23.2 Å². The van der Waals surface area contributed by atoms with Crippen LogP contribution in [0.5, 0.6) is 5.75 Å². The van der Waals surface area contributed by atoms with Crippen LogP contribution in [0.1, 0.15) is 69.3 Å². The molecule has 1 aromatic carbocycles. The van der Waals surface area contributed by atoms with Gasteiger partial charge in [-0.3, -0.25) is 9.59 Å². The molecule has 43 heavy (non-hydrogen) atoms. The number of ether oxygens (including phenoxy) is 1. The maximum absolute atomic E-state index is 13.3. The summed E-state index contributed by atoms with van der Waals surface area (Å²) in [6.45, 7) is 5.47. The van der Waals surface area contributed by atoms with Crippen LogP contribution in [0, 0.1) is 0 Å². The molecule has 2 aliphatic rings. The SMILES string of the molecule is CC(C)(Oc1cc(C(C)(C)O)c(Cl)cc1Cl)C(=O)NC1CC2CCC(C1)N2c1ccc(C(=O)NCC(O)C(F)(F)F)cn1. The summed E-state index contributed by atoms with van der Waals surface area (Å²) in [5, 5.41) is 25.2. The second-order valence-corrected chi connectivity index (χ2v) is 12.9. The highest BCUT2D eigenvalue weighted by atomic mass is 35.5. The van der Waals surface area contributed by atoms with Gasteiger partial charge in [0.05, 0.1) is 22.7 Å². The van der Waals surface area contributed by atoms with Crippen LogP contribution in [0.3, 0.4) is 0 Å². The number of anilines is 1. The van der Waals surface area contributed by atoms with Gasteiger partial charge in [0.1, 0.15) is 11.6 Å². The van der Waals surface area contributed by atoms with Crippen LogP contribution < -0.4 is 20.3 Å². The van der Waals surface area contributed by atoms with Crippen LogP contribution in [-0.2, 0) is 10.4 Å². The van der Waals surface area contributed by atoms with Gasteiger partial charge < -0.3 is 30.5 Å². The average Bonchev–Trinajstić information content (AvgIpc) is 3.17. The van der Waals surface area contributed by atoms with Crippen molar-refractivity contribution in [3.63, 3.8) is 0 Å². The van der Waals surface area contributed by atoms with E-state index in [1.54, 1.807) is 33.8 Å². The molecule has 0 radical (unpaired) electrons. The van der Waals surface area contributed by atoms with E-state index in [-0.39, 0.29) is 45.4 Å². The van der Waals surface area contributed by atoms with E-state index in [4.69, 9.17) is 33.0 Å². The summed E-state index contributed by atoms with van der Waals surface area (Å²) < 4.78 is 43.5. The minimum atomic E-state index is -4.82. The molecule has 2 amide bonds. The number of rotatable bonds is 9. The maximum Gasteiger partial charge on any atom is 0.416 e. The van der Waals surface area contributed by atoms with Crippen LogP contribution in [0.25, 0.3) is 0 Å². The molecule has 0 saturated carbocycles. The summed E-state index contributed by atoms with van der Waals surface area (Å²) in [5.74, 6) is -0.246. The van der Waals surface area contributed by atoms with Gasteiger partial charge >= 0.3 is 6.18 Å². The Hall–Kier alpha value is -2.80. The first-order valence-electron chi connectivity index (χ1n) is 13.9. The van der Waals surface area contributed by atoms with E-state index >= 15 is 0 Å². The number of halogens is 5. The van der Waals surface area contributed by atoms with Crippen molar-refractivity contribution in [3.05, 3.63) is 51.6 Å². The number of carbonyl (C=O) groups excluding carboxylic acids is 2. The minimum absolute atomic E-state index is 0.0744. The second kappa shape index (κ2) is 12.3. The summed E-state index contributed by atoms with van der Waals surface area (Å²) in [7, 11) is 0. The number of nitrogens with zero attached hydrogens (tertiary/aromatic N) is 2. The molecular formula is C29H35Cl2F3N4O5. The van der Waals surface area contributed by atoms with Gasteiger partial charge in [-0.2, -0.15) is 13.2 Å². The molecule has 236 valence electrons. The van der Waals surface area contributed by atoms with E-state index in [2.05, 4.69) is 20.5 Å². The summed E-state index contributed by atoms with van der Waals surface area (Å²) >= 11 is 12.6. The number of hydrogen-bond donors (Lipinski definition) is 4. The Morgan fingerprint density at radius 2 is 1.72 bits per heavy atom. The number of hydrogen-bond acceptors (Lipinski definition) is 7. The third kappa shape index (κ3) is 7.65. The lowest BCUT2D eigenvalue weighted by molar-refractivity contribution is -0.201. The fourth-order valence-corrected chi connectivity index (χ4v) is 6.16. The molecular weight excluding hydrogens is 612 g/mol. The monoisotopic (exact) mass is 646 g/mol. The van der Waals surface area contributed by atoms with Crippen molar-refractivity contribution < 1.29 is 37.7 Å². The number of aliphatic hydroxyl groups is 2. The zero-order valence-electron chi connectivity index (χ0n) is 24.1. The molecule has 0 aliphatic carbocycles. The number of benzene rings is 1. The average molecular weight is 648 g/mol. The first-order valence-corrected chi connectivity index (χ1v) is 14.6. The molecule has 2 aliphatic heterocycles. The smallest absolute Gasteiger partial charge is 0.416 e.